The summed E-state index contributed by atoms with van der Waals surface area (Å²) in [6, 6.07) is 2.43. The Labute approximate surface area is 94.6 Å². The van der Waals surface area contributed by atoms with Crippen LogP contribution in [0.3, 0.4) is 0 Å². The molecule has 1 aliphatic rings. The predicted molar refractivity (Wildman–Crippen MR) is 58.9 cm³/mol. The quantitative estimate of drug-likeness (QED) is 0.789. The van der Waals surface area contributed by atoms with Gasteiger partial charge in [-0.2, -0.15) is 10.4 Å². The van der Waals surface area contributed by atoms with E-state index in [1.165, 1.54) is 0 Å². The van der Waals surface area contributed by atoms with E-state index in [0.29, 0.717) is 16.6 Å². The van der Waals surface area contributed by atoms with Gasteiger partial charge in [-0.05, 0) is 26.2 Å². The van der Waals surface area contributed by atoms with E-state index < -0.39 is 0 Å². The Balaban J connectivity index is 2.45. The van der Waals surface area contributed by atoms with Crippen LogP contribution in [-0.4, -0.2) is 9.78 Å². The van der Waals surface area contributed by atoms with Gasteiger partial charge in [0.25, 0.3) is 0 Å². The SMILES string of the molecule is CCC(C)n1nc(C2CC2)c(C#N)c1Cl. The number of hydrogen-bond donors (Lipinski definition) is 0. The van der Waals surface area contributed by atoms with Gasteiger partial charge < -0.3 is 0 Å². The molecule has 1 aromatic heterocycles. The highest BCUT2D eigenvalue weighted by Gasteiger charge is 2.32. The van der Waals surface area contributed by atoms with Gasteiger partial charge in [-0.1, -0.05) is 18.5 Å². The molecular formula is C11H14ClN3. The summed E-state index contributed by atoms with van der Waals surface area (Å²) in [5, 5.41) is 14.0. The second-order valence-corrected chi connectivity index (χ2v) is 4.50. The van der Waals surface area contributed by atoms with E-state index in [9.17, 15) is 0 Å². The number of hydrogen-bond acceptors (Lipinski definition) is 2. The fourth-order valence-electron chi connectivity index (χ4n) is 1.64. The van der Waals surface area contributed by atoms with Crippen LogP contribution in [0.1, 0.15) is 56.3 Å². The largest absolute Gasteiger partial charge is 0.250 e. The summed E-state index contributed by atoms with van der Waals surface area (Å²) in [4.78, 5) is 0. The number of nitriles is 1. The molecule has 1 heterocycles. The third-order valence-corrected chi connectivity index (χ3v) is 3.33. The lowest BCUT2D eigenvalue weighted by Gasteiger charge is -2.09. The summed E-state index contributed by atoms with van der Waals surface area (Å²) in [6.07, 6.45) is 3.25. The number of nitrogens with zero attached hydrogens (tertiary/aromatic N) is 3. The molecule has 0 amide bonds. The summed E-state index contributed by atoms with van der Waals surface area (Å²) < 4.78 is 1.79. The van der Waals surface area contributed by atoms with Crippen molar-refractivity contribution in [2.24, 2.45) is 0 Å². The highest BCUT2D eigenvalue weighted by molar-refractivity contribution is 6.30. The summed E-state index contributed by atoms with van der Waals surface area (Å²) in [5.74, 6) is 0.474. The molecule has 0 radical (unpaired) electrons. The molecule has 4 heteroatoms. The van der Waals surface area contributed by atoms with Gasteiger partial charge in [0.05, 0.1) is 11.7 Å². The van der Waals surface area contributed by atoms with E-state index in [1.54, 1.807) is 4.68 Å². The highest BCUT2D eigenvalue weighted by Crippen LogP contribution is 2.42. The van der Waals surface area contributed by atoms with Crippen LogP contribution in [0.15, 0.2) is 0 Å². The minimum Gasteiger partial charge on any atom is -0.250 e. The van der Waals surface area contributed by atoms with Crippen molar-refractivity contribution >= 4 is 11.6 Å². The van der Waals surface area contributed by atoms with Crippen molar-refractivity contribution in [3.8, 4) is 6.07 Å². The molecule has 1 aromatic rings. The average molecular weight is 224 g/mol. The molecule has 1 atom stereocenters. The predicted octanol–water partition coefficient (Wildman–Crippen LogP) is 3.26. The molecule has 0 aromatic carbocycles. The van der Waals surface area contributed by atoms with Crippen LogP contribution in [-0.2, 0) is 0 Å². The molecule has 0 bridgehead atoms. The van der Waals surface area contributed by atoms with Crippen molar-refractivity contribution in [2.75, 3.05) is 0 Å². The van der Waals surface area contributed by atoms with Gasteiger partial charge in [0.1, 0.15) is 16.8 Å². The van der Waals surface area contributed by atoms with Crippen molar-refractivity contribution in [3.05, 3.63) is 16.4 Å². The molecule has 1 unspecified atom stereocenters. The summed E-state index contributed by atoms with van der Waals surface area (Å²) in [5.41, 5.74) is 1.49. The van der Waals surface area contributed by atoms with E-state index >= 15 is 0 Å². The lowest BCUT2D eigenvalue weighted by molar-refractivity contribution is 0.474. The average Bonchev–Trinajstić information content (AvgIpc) is 3.02. The molecule has 0 N–H and O–H groups in total. The van der Waals surface area contributed by atoms with E-state index in [2.05, 4.69) is 25.0 Å². The van der Waals surface area contributed by atoms with Crippen molar-refractivity contribution in [3.63, 3.8) is 0 Å². The van der Waals surface area contributed by atoms with Crippen LogP contribution in [0.25, 0.3) is 0 Å². The zero-order valence-electron chi connectivity index (χ0n) is 9.00. The molecule has 0 spiro atoms. The van der Waals surface area contributed by atoms with Gasteiger partial charge in [-0.25, -0.2) is 4.68 Å². The standard InChI is InChI=1S/C11H14ClN3/c1-3-7(2)15-11(12)9(6-13)10(14-15)8-4-5-8/h7-8H,3-5H2,1-2H3. The lowest BCUT2D eigenvalue weighted by Crippen LogP contribution is -2.06. The fourth-order valence-corrected chi connectivity index (χ4v) is 1.98. The Kier molecular flexibility index (Phi) is 2.70. The molecule has 1 saturated carbocycles. The third-order valence-electron chi connectivity index (χ3n) is 2.96. The molecular weight excluding hydrogens is 210 g/mol. The zero-order valence-corrected chi connectivity index (χ0v) is 9.75. The van der Waals surface area contributed by atoms with E-state index in [-0.39, 0.29) is 6.04 Å². The highest BCUT2D eigenvalue weighted by atomic mass is 35.5. The first-order valence-electron chi connectivity index (χ1n) is 5.37. The molecule has 80 valence electrons. The fraction of sp³-hybridized carbons (Fsp3) is 0.636. The zero-order chi connectivity index (χ0) is 11.0. The summed E-state index contributed by atoms with van der Waals surface area (Å²) >= 11 is 6.15. The van der Waals surface area contributed by atoms with Crippen LogP contribution in [0, 0.1) is 11.3 Å². The minimum absolute atomic E-state index is 0.261. The van der Waals surface area contributed by atoms with Gasteiger partial charge >= 0.3 is 0 Å². The molecule has 0 saturated heterocycles. The molecule has 3 nitrogen and oxygen atoms in total. The van der Waals surface area contributed by atoms with Crippen LogP contribution in [0.2, 0.25) is 5.15 Å². The summed E-state index contributed by atoms with van der Waals surface area (Å²) in [6.45, 7) is 4.15. The van der Waals surface area contributed by atoms with Gasteiger partial charge in [-0.3, -0.25) is 0 Å². The van der Waals surface area contributed by atoms with E-state index in [0.717, 1.165) is 25.0 Å². The smallest absolute Gasteiger partial charge is 0.145 e. The van der Waals surface area contributed by atoms with Crippen LogP contribution in [0.5, 0.6) is 0 Å². The lowest BCUT2D eigenvalue weighted by atomic mass is 10.2. The van der Waals surface area contributed by atoms with E-state index in [4.69, 9.17) is 16.9 Å². The maximum Gasteiger partial charge on any atom is 0.145 e. The third kappa shape index (κ3) is 1.74. The second kappa shape index (κ2) is 3.86. The van der Waals surface area contributed by atoms with Gasteiger partial charge in [0.2, 0.25) is 0 Å². The van der Waals surface area contributed by atoms with Crippen LogP contribution in [0.4, 0.5) is 0 Å². The maximum atomic E-state index is 9.06. The topological polar surface area (TPSA) is 41.6 Å². The van der Waals surface area contributed by atoms with Crippen LogP contribution < -0.4 is 0 Å². The number of halogens is 1. The van der Waals surface area contributed by atoms with Crippen molar-refractivity contribution in [1.29, 1.82) is 5.26 Å². The second-order valence-electron chi connectivity index (χ2n) is 4.14. The maximum absolute atomic E-state index is 9.06. The normalized spacial score (nSPS) is 17.5. The first-order valence-corrected chi connectivity index (χ1v) is 5.74. The molecule has 1 aliphatic carbocycles. The van der Waals surface area contributed by atoms with Gasteiger partial charge in [0.15, 0.2) is 0 Å². The van der Waals surface area contributed by atoms with Crippen molar-refractivity contribution in [2.45, 2.75) is 45.1 Å². The van der Waals surface area contributed by atoms with Gasteiger partial charge in [-0.15, -0.1) is 0 Å². The first-order chi connectivity index (χ1) is 7.19. The Morgan fingerprint density at radius 3 is 2.80 bits per heavy atom. The Bertz CT molecular complexity index is 412. The minimum atomic E-state index is 0.261. The van der Waals surface area contributed by atoms with Crippen molar-refractivity contribution < 1.29 is 0 Å². The number of rotatable bonds is 3. The Morgan fingerprint density at radius 1 is 1.67 bits per heavy atom. The Hall–Kier alpha value is -1.01. The molecule has 2 rings (SSSR count). The van der Waals surface area contributed by atoms with Crippen LogP contribution >= 0.6 is 11.6 Å². The Morgan fingerprint density at radius 2 is 2.33 bits per heavy atom. The summed E-state index contributed by atoms with van der Waals surface area (Å²) in [7, 11) is 0. The monoisotopic (exact) mass is 223 g/mol. The number of aromatic nitrogens is 2. The van der Waals surface area contributed by atoms with Crippen molar-refractivity contribution in [1.82, 2.24) is 9.78 Å². The van der Waals surface area contributed by atoms with Gasteiger partial charge in [0, 0.05) is 5.92 Å². The molecule has 0 aliphatic heterocycles. The molecule has 15 heavy (non-hydrogen) atoms. The first kappa shape index (κ1) is 10.5. The molecule has 1 fully saturated rings. The van der Waals surface area contributed by atoms with E-state index in [1.807, 2.05) is 0 Å².